The molecule has 0 bridgehead atoms. The lowest BCUT2D eigenvalue weighted by molar-refractivity contribution is -0.858. The fourth-order valence-electron chi connectivity index (χ4n) is 2.71. The molecule has 0 spiro atoms. The number of amides is 2. The number of methoxy groups -OCH3 is 1. The van der Waals surface area contributed by atoms with Gasteiger partial charge in [-0.2, -0.15) is 0 Å². The molecule has 6 heteroatoms. The van der Waals surface area contributed by atoms with Crippen LogP contribution in [-0.2, 0) is 9.59 Å². The van der Waals surface area contributed by atoms with Crippen molar-refractivity contribution in [2.24, 2.45) is 5.92 Å². The fraction of sp³-hybridized carbons (Fsp3) is 0.529. The Kier molecular flexibility index (Phi) is 5.98. The van der Waals surface area contributed by atoms with Crippen LogP contribution in [0.2, 0.25) is 0 Å². The summed E-state index contributed by atoms with van der Waals surface area (Å²) in [5, 5.41) is 2.94. The molecule has 1 fully saturated rings. The molecule has 0 radical (unpaired) electrons. The Hall–Kier alpha value is -2.08. The zero-order valence-corrected chi connectivity index (χ0v) is 14.1. The van der Waals surface area contributed by atoms with E-state index < -0.39 is 0 Å². The number of nitrogens with one attached hydrogen (secondary N) is 2. The standard InChI is InChI=1S/C17H25N3O3/c1-19(2)9-5-8-18-17(22)13-10-16(21)20(12-13)14-6-4-7-15(11-14)23-3/h4,6-7,11,13H,5,8-10,12H2,1-3H3,(H,18,22)/p+1/t13-/m1/s1. The molecule has 2 amide bonds. The third-order valence-corrected chi connectivity index (χ3v) is 4.01. The summed E-state index contributed by atoms with van der Waals surface area (Å²) in [6, 6.07) is 7.36. The maximum atomic E-state index is 12.2. The Morgan fingerprint density at radius 2 is 2.22 bits per heavy atom. The quantitative estimate of drug-likeness (QED) is 0.678. The third kappa shape index (κ3) is 4.69. The second kappa shape index (κ2) is 7.97. The van der Waals surface area contributed by atoms with E-state index >= 15 is 0 Å². The van der Waals surface area contributed by atoms with Gasteiger partial charge in [-0.15, -0.1) is 0 Å². The maximum absolute atomic E-state index is 12.2. The Morgan fingerprint density at radius 3 is 2.91 bits per heavy atom. The molecule has 23 heavy (non-hydrogen) atoms. The summed E-state index contributed by atoms with van der Waals surface area (Å²) in [5.74, 6) is 0.378. The van der Waals surface area contributed by atoms with Gasteiger partial charge in [0.05, 0.1) is 33.7 Å². The first-order valence-electron chi connectivity index (χ1n) is 8.02. The normalized spacial score (nSPS) is 17.7. The van der Waals surface area contributed by atoms with Gasteiger partial charge in [0.15, 0.2) is 0 Å². The van der Waals surface area contributed by atoms with Crippen LogP contribution in [0.1, 0.15) is 12.8 Å². The van der Waals surface area contributed by atoms with Crippen molar-refractivity contribution in [1.29, 1.82) is 0 Å². The molecular formula is C17H26N3O3+. The van der Waals surface area contributed by atoms with Gasteiger partial charge in [0.25, 0.3) is 0 Å². The molecule has 1 saturated heterocycles. The lowest BCUT2D eigenvalue weighted by Gasteiger charge is -2.17. The van der Waals surface area contributed by atoms with Gasteiger partial charge < -0.3 is 19.9 Å². The molecule has 0 unspecified atom stereocenters. The number of carbonyl (C=O) groups is 2. The van der Waals surface area contributed by atoms with E-state index in [-0.39, 0.29) is 24.2 Å². The number of nitrogens with zero attached hydrogens (tertiary/aromatic N) is 1. The number of benzene rings is 1. The number of anilines is 1. The summed E-state index contributed by atoms with van der Waals surface area (Å²) in [4.78, 5) is 27.4. The molecule has 1 atom stereocenters. The van der Waals surface area contributed by atoms with Crippen LogP contribution in [0.25, 0.3) is 0 Å². The highest BCUT2D eigenvalue weighted by Crippen LogP contribution is 2.27. The minimum absolute atomic E-state index is 0.0175. The van der Waals surface area contributed by atoms with Gasteiger partial charge in [0.1, 0.15) is 5.75 Å². The van der Waals surface area contributed by atoms with E-state index in [9.17, 15) is 9.59 Å². The van der Waals surface area contributed by atoms with Crippen molar-refractivity contribution in [1.82, 2.24) is 5.32 Å². The average molecular weight is 320 g/mol. The van der Waals surface area contributed by atoms with E-state index in [0.29, 0.717) is 18.8 Å². The Labute approximate surface area is 137 Å². The summed E-state index contributed by atoms with van der Waals surface area (Å²) >= 11 is 0. The van der Waals surface area contributed by atoms with Crippen LogP contribution in [0.5, 0.6) is 5.75 Å². The molecule has 126 valence electrons. The second-order valence-electron chi connectivity index (χ2n) is 6.21. The Morgan fingerprint density at radius 1 is 1.43 bits per heavy atom. The van der Waals surface area contributed by atoms with Crippen molar-refractivity contribution in [3.8, 4) is 5.75 Å². The number of ether oxygens (including phenoxy) is 1. The Balaban J connectivity index is 1.90. The monoisotopic (exact) mass is 320 g/mol. The fourth-order valence-corrected chi connectivity index (χ4v) is 2.71. The highest BCUT2D eigenvalue weighted by molar-refractivity contribution is 6.00. The van der Waals surface area contributed by atoms with E-state index in [0.717, 1.165) is 18.7 Å². The van der Waals surface area contributed by atoms with Crippen LogP contribution in [0.4, 0.5) is 5.69 Å². The van der Waals surface area contributed by atoms with Crippen molar-refractivity contribution in [3.63, 3.8) is 0 Å². The molecular weight excluding hydrogens is 294 g/mol. The van der Waals surface area contributed by atoms with E-state index in [2.05, 4.69) is 19.4 Å². The van der Waals surface area contributed by atoms with Crippen LogP contribution in [0.3, 0.4) is 0 Å². The van der Waals surface area contributed by atoms with Gasteiger partial charge >= 0.3 is 0 Å². The highest BCUT2D eigenvalue weighted by atomic mass is 16.5. The molecule has 0 aromatic heterocycles. The van der Waals surface area contributed by atoms with Crippen LogP contribution in [0.15, 0.2) is 24.3 Å². The second-order valence-corrected chi connectivity index (χ2v) is 6.21. The van der Waals surface area contributed by atoms with Gasteiger partial charge in [-0.1, -0.05) is 6.07 Å². The predicted molar refractivity (Wildman–Crippen MR) is 88.8 cm³/mol. The van der Waals surface area contributed by atoms with E-state index in [1.54, 1.807) is 12.0 Å². The van der Waals surface area contributed by atoms with E-state index in [1.165, 1.54) is 4.90 Å². The minimum Gasteiger partial charge on any atom is -0.497 e. The molecule has 1 aliphatic rings. The molecule has 1 aromatic carbocycles. The summed E-state index contributed by atoms with van der Waals surface area (Å²) in [5.41, 5.74) is 0.779. The van der Waals surface area contributed by atoms with Crippen molar-refractivity contribution in [2.45, 2.75) is 12.8 Å². The molecule has 2 rings (SSSR count). The summed E-state index contributed by atoms with van der Waals surface area (Å²) in [7, 11) is 5.77. The lowest BCUT2D eigenvalue weighted by Crippen LogP contribution is -3.05. The smallest absolute Gasteiger partial charge is 0.227 e. The number of rotatable bonds is 7. The number of quaternary nitrogens is 1. The van der Waals surface area contributed by atoms with Crippen LogP contribution in [-0.4, -0.2) is 52.7 Å². The first-order valence-corrected chi connectivity index (χ1v) is 8.02. The number of hydrogen-bond acceptors (Lipinski definition) is 3. The van der Waals surface area contributed by atoms with Gasteiger partial charge in [0, 0.05) is 37.7 Å². The summed E-state index contributed by atoms with van der Waals surface area (Å²) in [6.45, 7) is 2.10. The van der Waals surface area contributed by atoms with Gasteiger partial charge in [0.2, 0.25) is 11.8 Å². The number of hydrogen-bond donors (Lipinski definition) is 2. The maximum Gasteiger partial charge on any atom is 0.227 e. The van der Waals surface area contributed by atoms with Gasteiger partial charge in [-0.3, -0.25) is 9.59 Å². The SMILES string of the molecule is COc1cccc(N2C[C@H](C(=O)NCCC[NH+](C)C)CC2=O)c1. The van der Waals surface area contributed by atoms with Crippen molar-refractivity contribution in [2.75, 3.05) is 45.7 Å². The minimum atomic E-state index is -0.277. The first-order chi connectivity index (χ1) is 11.0. The topological polar surface area (TPSA) is 63.1 Å². The average Bonchev–Trinajstić information content (AvgIpc) is 2.93. The Bertz CT molecular complexity index is 560. The molecule has 1 heterocycles. The predicted octanol–water partition coefficient (Wildman–Crippen LogP) is -0.301. The first kappa shape index (κ1) is 17.3. The van der Waals surface area contributed by atoms with Crippen LogP contribution in [0, 0.1) is 5.92 Å². The largest absolute Gasteiger partial charge is 0.497 e. The molecule has 6 nitrogen and oxygen atoms in total. The van der Waals surface area contributed by atoms with E-state index in [1.807, 2.05) is 24.3 Å². The van der Waals surface area contributed by atoms with Gasteiger partial charge in [-0.05, 0) is 12.1 Å². The van der Waals surface area contributed by atoms with Crippen LogP contribution >= 0.6 is 0 Å². The zero-order chi connectivity index (χ0) is 16.8. The summed E-state index contributed by atoms with van der Waals surface area (Å²) in [6.07, 6.45) is 1.20. The molecule has 0 aliphatic carbocycles. The third-order valence-electron chi connectivity index (χ3n) is 4.01. The molecule has 2 N–H and O–H groups in total. The van der Waals surface area contributed by atoms with E-state index in [4.69, 9.17) is 4.74 Å². The zero-order valence-electron chi connectivity index (χ0n) is 14.1. The van der Waals surface area contributed by atoms with Crippen molar-refractivity contribution < 1.29 is 19.2 Å². The van der Waals surface area contributed by atoms with Crippen LogP contribution < -0.4 is 19.9 Å². The molecule has 0 saturated carbocycles. The molecule has 1 aromatic rings. The van der Waals surface area contributed by atoms with Crippen molar-refractivity contribution in [3.05, 3.63) is 24.3 Å². The number of carbonyl (C=O) groups excluding carboxylic acids is 2. The molecule has 1 aliphatic heterocycles. The van der Waals surface area contributed by atoms with Gasteiger partial charge in [-0.25, -0.2) is 0 Å². The lowest BCUT2D eigenvalue weighted by atomic mass is 10.1. The highest BCUT2D eigenvalue weighted by Gasteiger charge is 2.35. The summed E-state index contributed by atoms with van der Waals surface area (Å²) < 4.78 is 5.19. The van der Waals surface area contributed by atoms with Crippen molar-refractivity contribution >= 4 is 17.5 Å².